The third kappa shape index (κ3) is 5.11. The Bertz CT molecular complexity index is 1220. The Morgan fingerprint density at radius 3 is 2.62 bits per heavy atom. The van der Waals surface area contributed by atoms with Crippen molar-refractivity contribution in [1.82, 2.24) is 14.8 Å². The number of benzene rings is 2. The highest BCUT2D eigenvalue weighted by Gasteiger charge is 2.21. The molecular weight excluding hydrogens is 450 g/mol. The summed E-state index contributed by atoms with van der Waals surface area (Å²) in [5.74, 6) is 1.38. The van der Waals surface area contributed by atoms with E-state index in [9.17, 15) is 13.2 Å². The van der Waals surface area contributed by atoms with Crippen LogP contribution >= 0.6 is 11.6 Å². The summed E-state index contributed by atoms with van der Waals surface area (Å²) in [6.07, 6.45) is 5.41. The third-order valence-electron chi connectivity index (χ3n) is 5.32. The SMILES string of the molecule is CS(=O)(=O)N(CC(=O)Nc1ccc(-c2nnc3n2CCCCC3)cc1)c1cccc(Cl)c1. The minimum Gasteiger partial charge on any atom is -0.325 e. The zero-order valence-electron chi connectivity index (χ0n) is 17.7. The molecule has 0 radical (unpaired) electrons. The van der Waals surface area contributed by atoms with Gasteiger partial charge in [-0.25, -0.2) is 8.42 Å². The lowest BCUT2D eigenvalue weighted by Crippen LogP contribution is -2.37. The topological polar surface area (TPSA) is 97.2 Å². The van der Waals surface area contributed by atoms with Crippen molar-refractivity contribution in [3.63, 3.8) is 0 Å². The van der Waals surface area contributed by atoms with Crippen LogP contribution in [0.25, 0.3) is 11.4 Å². The van der Waals surface area contributed by atoms with E-state index in [1.54, 1.807) is 30.3 Å². The van der Waals surface area contributed by atoms with Crippen LogP contribution < -0.4 is 9.62 Å². The van der Waals surface area contributed by atoms with Crippen LogP contribution in [0, 0.1) is 0 Å². The van der Waals surface area contributed by atoms with Crippen LogP contribution in [0.4, 0.5) is 11.4 Å². The molecule has 0 unspecified atom stereocenters. The summed E-state index contributed by atoms with van der Waals surface area (Å²) in [6.45, 7) is 0.541. The van der Waals surface area contributed by atoms with E-state index >= 15 is 0 Å². The number of fused-ring (bicyclic) bond motifs is 1. The minimum atomic E-state index is -3.67. The van der Waals surface area contributed by atoms with Crippen molar-refractivity contribution in [2.45, 2.75) is 32.2 Å². The highest BCUT2D eigenvalue weighted by atomic mass is 35.5. The second kappa shape index (κ2) is 9.30. The molecule has 2 aromatic carbocycles. The van der Waals surface area contributed by atoms with Gasteiger partial charge in [0.2, 0.25) is 15.9 Å². The predicted molar refractivity (Wildman–Crippen MR) is 125 cm³/mol. The van der Waals surface area contributed by atoms with E-state index in [0.717, 1.165) is 53.6 Å². The molecule has 4 rings (SSSR count). The van der Waals surface area contributed by atoms with Gasteiger partial charge in [-0.05, 0) is 55.3 Å². The summed E-state index contributed by atoms with van der Waals surface area (Å²) in [5.41, 5.74) is 1.81. The summed E-state index contributed by atoms with van der Waals surface area (Å²) in [7, 11) is -3.67. The number of carbonyl (C=O) groups is 1. The highest BCUT2D eigenvalue weighted by molar-refractivity contribution is 7.92. The molecule has 32 heavy (non-hydrogen) atoms. The first-order valence-electron chi connectivity index (χ1n) is 10.4. The van der Waals surface area contributed by atoms with Gasteiger partial charge in [0.05, 0.1) is 11.9 Å². The number of nitrogens with one attached hydrogen (secondary N) is 1. The van der Waals surface area contributed by atoms with Gasteiger partial charge in [-0.15, -0.1) is 10.2 Å². The van der Waals surface area contributed by atoms with Crippen molar-refractivity contribution in [2.24, 2.45) is 0 Å². The summed E-state index contributed by atoms with van der Waals surface area (Å²) in [6, 6.07) is 13.7. The molecule has 1 aliphatic heterocycles. The smallest absolute Gasteiger partial charge is 0.245 e. The predicted octanol–water partition coefficient (Wildman–Crippen LogP) is 3.73. The van der Waals surface area contributed by atoms with Crippen molar-refractivity contribution in [3.05, 3.63) is 59.4 Å². The van der Waals surface area contributed by atoms with E-state index in [-0.39, 0.29) is 6.54 Å². The van der Waals surface area contributed by atoms with Gasteiger partial charge in [0.1, 0.15) is 12.4 Å². The second-order valence-electron chi connectivity index (χ2n) is 7.78. The number of hydrogen-bond acceptors (Lipinski definition) is 5. The molecule has 0 saturated carbocycles. The van der Waals surface area contributed by atoms with Crippen molar-refractivity contribution < 1.29 is 13.2 Å². The molecule has 2 heterocycles. The number of rotatable bonds is 6. The van der Waals surface area contributed by atoms with Gasteiger partial charge < -0.3 is 9.88 Å². The molecule has 0 bridgehead atoms. The Kier molecular flexibility index (Phi) is 6.48. The highest BCUT2D eigenvalue weighted by Crippen LogP contribution is 2.25. The maximum Gasteiger partial charge on any atom is 0.245 e. The quantitative estimate of drug-likeness (QED) is 0.588. The number of anilines is 2. The van der Waals surface area contributed by atoms with Gasteiger partial charge in [0.25, 0.3) is 0 Å². The molecule has 0 fully saturated rings. The number of amides is 1. The van der Waals surface area contributed by atoms with E-state index in [0.29, 0.717) is 16.4 Å². The van der Waals surface area contributed by atoms with Gasteiger partial charge in [-0.2, -0.15) is 0 Å². The molecule has 8 nitrogen and oxygen atoms in total. The van der Waals surface area contributed by atoms with Crippen LogP contribution in [0.2, 0.25) is 5.02 Å². The lowest BCUT2D eigenvalue weighted by molar-refractivity contribution is -0.114. The van der Waals surface area contributed by atoms with E-state index in [1.807, 2.05) is 12.1 Å². The fourth-order valence-corrected chi connectivity index (χ4v) is 4.80. The van der Waals surface area contributed by atoms with Gasteiger partial charge in [0.15, 0.2) is 5.82 Å². The molecule has 0 aliphatic carbocycles. The van der Waals surface area contributed by atoms with Crippen molar-refractivity contribution in [3.8, 4) is 11.4 Å². The number of nitrogens with zero attached hydrogens (tertiary/aromatic N) is 4. The molecular formula is C22H24ClN5O3S. The molecule has 0 saturated heterocycles. The number of aryl methyl sites for hydroxylation is 1. The first-order chi connectivity index (χ1) is 15.3. The van der Waals surface area contributed by atoms with Crippen LogP contribution in [-0.4, -0.2) is 41.9 Å². The van der Waals surface area contributed by atoms with E-state index < -0.39 is 15.9 Å². The third-order valence-corrected chi connectivity index (χ3v) is 6.70. The van der Waals surface area contributed by atoms with Crippen LogP contribution in [0.1, 0.15) is 25.1 Å². The molecule has 1 aromatic heterocycles. The molecule has 1 aliphatic rings. The number of hydrogen-bond donors (Lipinski definition) is 1. The van der Waals surface area contributed by atoms with Crippen molar-refractivity contribution in [1.29, 1.82) is 0 Å². The van der Waals surface area contributed by atoms with Crippen LogP contribution in [-0.2, 0) is 27.8 Å². The second-order valence-corrected chi connectivity index (χ2v) is 10.1. The van der Waals surface area contributed by atoms with Gasteiger partial charge in [0, 0.05) is 29.2 Å². The van der Waals surface area contributed by atoms with E-state index in [4.69, 9.17) is 11.6 Å². The number of sulfonamides is 1. The largest absolute Gasteiger partial charge is 0.325 e. The van der Waals surface area contributed by atoms with Gasteiger partial charge in [-0.3, -0.25) is 9.10 Å². The van der Waals surface area contributed by atoms with Crippen molar-refractivity contribution >= 4 is 38.9 Å². The molecule has 10 heteroatoms. The molecule has 1 N–H and O–H groups in total. The average Bonchev–Trinajstić information content (AvgIpc) is 3.00. The zero-order valence-corrected chi connectivity index (χ0v) is 19.2. The normalized spacial score (nSPS) is 13.8. The number of carbonyl (C=O) groups excluding carboxylic acids is 1. The first-order valence-corrected chi connectivity index (χ1v) is 12.6. The van der Waals surface area contributed by atoms with Crippen LogP contribution in [0.3, 0.4) is 0 Å². The molecule has 0 spiro atoms. The number of halogens is 1. The van der Waals surface area contributed by atoms with Gasteiger partial charge in [-0.1, -0.05) is 24.1 Å². The van der Waals surface area contributed by atoms with Crippen LogP contribution in [0.15, 0.2) is 48.5 Å². The lowest BCUT2D eigenvalue weighted by atomic mass is 10.2. The van der Waals surface area contributed by atoms with Crippen molar-refractivity contribution in [2.75, 3.05) is 22.4 Å². The summed E-state index contributed by atoms with van der Waals surface area (Å²) < 4.78 is 27.7. The Balaban J connectivity index is 1.47. The monoisotopic (exact) mass is 473 g/mol. The fourth-order valence-electron chi connectivity index (χ4n) is 3.76. The Morgan fingerprint density at radius 1 is 1.12 bits per heavy atom. The molecule has 0 atom stereocenters. The standard InChI is InChI=1S/C22H24ClN5O3S/c1-32(30,31)28(19-7-5-6-17(23)14-19)15-21(29)24-18-11-9-16(10-12-18)22-26-25-20-8-3-2-4-13-27(20)22/h5-7,9-12,14H,2-4,8,13,15H2,1H3,(H,24,29). The first kappa shape index (κ1) is 22.3. The van der Waals surface area contributed by atoms with Gasteiger partial charge >= 0.3 is 0 Å². The summed E-state index contributed by atoms with van der Waals surface area (Å²) >= 11 is 5.98. The fraction of sp³-hybridized carbons (Fsp3) is 0.318. The Labute approximate surface area is 192 Å². The van der Waals surface area contributed by atoms with E-state index in [1.165, 1.54) is 12.5 Å². The summed E-state index contributed by atoms with van der Waals surface area (Å²) in [4.78, 5) is 12.6. The van der Waals surface area contributed by atoms with Crippen LogP contribution in [0.5, 0.6) is 0 Å². The molecule has 3 aromatic rings. The number of aromatic nitrogens is 3. The Morgan fingerprint density at radius 2 is 1.91 bits per heavy atom. The maximum atomic E-state index is 12.6. The Hall–Kier alpha value is -2.91. The molecule has 1 amide bonds. The maximum absolute atomic E-state index is 12.6. The van der Waals surface area contributed by atoms with E-state index in [2.05, 4.69) is 20.1 Å². The summed E-state index contributed by atoms with van der Waals surface area (Å²) in [5, 5.41) is 11.8. The zero-order chi connectivity index (χ0) is 22.7. The minimum absolute atomic E-state index is 0.331. The average molecular weight is 474 g/mol. The lowest BCUT2D eigenvalue weighted by Gasteiger charge is -2.22. The molecule has 168 valence electrons.